The number of hydrogen-bond acceptors (Lipinski definition) is 5. The molecule has 0 saturated carbocycles. The lowest BCUT2D eigenvalue weighted by Gasteiger charge is -2.09. The SMILES string of the molecule is CC(C)c1ccc(OCCCc2nnc(SCC(=O)O)n2C)cc1. The third kappa shape index (κ3) is 5.26. The molecule has 0 atom stereocenters. The highest BCUT2D eigenvalue weighted by Gasteiger charge is 2.10. The van der Waals surface area contributed by atoms with Crippen molar-refractivity contribution in [1.82, 2.24) is 14.8 Å². The van der Waals surface area contributed by atoms with Crippen LogP contribution in [0, 0.1) is 0 Å². The van der Waals surface area contributed by atoms with Crippen molar-refractivity contribution in [3.8, 4) is 5.75 Å². The Bertz CT molecular complexity index is 668. The van der Waals surface area contributed by atoms with Crippen LogP contribution in [0.1, 0.15) is 37.6 Å². The maximum Gasteiger partial charge on any atom is 0.313 e. The van der Waals surface area contributed by atoms with E-state index in [2.05, 4.69) is 36.2 Å². The van der Waals surface area contributed by atoms with Gasteiger partial charge in [0.25, 0.3) is 0 Å². The molecule has 0 aliphatic rings. The molecule has 1 heterocycles. The first kappa shape index (κ1) is 18.3. The number of carbonyl (C=O) groups is 1. The molecule has 0 radical (unpaired) electrons. The smallest absolute Gasteiger partial charge is 0.313 e. The van der Waals surface area contributed by atoms with Crippen molar-refractivity contribution >= 4 is 17.7 Å². The minimum absolute atomic E-state index is 0.0124. The van der Waals surface area contributed by atoms with Crippen LogP contribution in [0.4, 0.5) is 0 Å². The number of ether oxygens (including phenoxy) is 1. The molecule has 1 aromatic carbocycles. The molecule has 2 rings (SSSR count). The highest BCUT2D eigenvalue weighted by molar-refractivity contribution is 7.99. The van der Waals surface area contributed by atoms with Gasteiger partial charge in [-0.3, -0.25) is 4.79 Å². The van der Waals surface area contributed by atoms with Crippen LogP contribution in [0.3, 0.4) is 0 Å². The Balaban J connectivity index is 1.77. The first-order chi connectivity index (χ1) is 11.5. The van der Waals surface area contributed by atoms with Gasteiger partial charge in [-0.1, -0.05) is 37.7 Å². The Morgan fingerprint density at radius 3 is 2.62 bits per heavy atom. The zero-order valence-electron chi connectivity index (χ0n) is 14.2. The van der Waals surface area contributed by atoms with Gasteiger partial charge in [-0.05, 0) is 30.0 Å². The van der Waals surface area contributed by atoms with Crippen LogP contribution in [0.15, 0.2) is 29.4 Å². The summed E-state index contributed by atoms with van der Waals surface area (Å²) in [6, 6.07) is 8.18. The Kier molecular flexibility index (Phi) is 6.66. The summed E-state index contributed by atoms with van der Waals surface area (Å²) in [4.78, 5) is 10.6. The molecule has 0 amide bonds. The van der Waals surface area contributed by atoms with Gasteiger partial charge in [0.2, 0.25) is 0 Å². The van der Waals surface area contributed by atoms with Crippen molar-refractivity contribution in [3.05, 3.63) is 35.7 Å². The van der Waals surface area contributed by atoms with Gasteiger partial charge < -0.3 is 14.4 Å². The average Bonchev–Trinajstić information content (AvgIpc) is 2.90. The van der Waals surface area contributed by atoms with E-state index in [1.807, 2.05) is 23.7 Å². The van der Waals surface area contributed by atoms with E-state index in [9.17, 15) is 4.79 Å². The van der Waals surface area contributed by atoms with Gasteiger partial charge >= 0.3 is 5.97 Å². The van der Waals surface area contributed by atoms with Crippen molar-refractivity contribution in [2.45, 2.75) is 37.8 Å². The van der Waals surface area contributed by atoms with Crippen molar-refractivity contribution in [2.75, 3.05) is 12.4 Å². The lowest BCUT2D eigenvalue weighted by Crippen LogP contribution is -2.05. The quantitative estimate of drug-likeness (QED) is 0.554. The van der Waals surface area contributed by atoms with E-state index in [1.54, 1.807) is 0 Å². The van der Waals surface area contributed by atoms with Crippen molar-refractivity contribution in [1.29, 1.82) is 0 Å². The first-order valence-corrected chi connectivity index (χ1v) is 8.91. The fourth-order valence-corrected chi connectivity index (χ4v) is 2.83. The molecule has 0 aliphatic carbocycles. The van der Waals surface area contributed by atoms with E-state index in [0.717, 1.165) is 24.4 Å². The summed E-state index contributed by atoms with van der Waals surface area (Å²) in [6.45, 7) is 4.94. The van der Waals surface area contributed by atoms with Crippen LogP contribution >= 0.6 is 11.8 Å². The van der Waals surface area contributed by atoms with Gasteiger partial charge in [-0.15, -0.1) is 10.2 Å². The minimum atomic E-state index is -0.860. The number of carboxylic acids is 1. The predicted molar refractivity (Wildman–Crippen MR) is 93.7 cm³/mol. The maximum atomic E-state index is 10.6. The number of rotatable bonds is 9. The number of benzene rings is 1. The average molecular weight is 349 g/mol. The molecule has 0 fully saturated rings. The summed E-state index contributed by atoms with van der Waals surface area (Å²) < 4.78 is 7.59. The summed E-state index contributed by atoms with van der Waals surface area (Å²) in [5.41, 5.74) is 1.30. The zero-order valence-corrected chi connectivity index (χ0v) is 15.0. The van der Waals surface area contributed by atoms with Gasteiger partial charge in [0.1, 0.15) is 11.6 Å². The summed E-state index contributed by atoms with van der Waals surface area (Å²) in [7, 11) is 1.85. The highest BCUT2D eigenvalue weighted by Crippen LogP contribution is 2.19. The van der Waals surface area contributed by atoms with Crippen LogP contribution in [0.25, 0.3) is 0 Å². The van der Waals surface area contributed by atoms with E-state index in [-0.39, 0.29) is 5.75 Å². The molecule has 0 aliphatic heterocycles. The van der Waals surface area contributed by atoms with E-state index in [4.69, 9.17) is 9.84 Å². The highest BCUT2D eigenvalue weighted by atomic mass is 32.2. The number of hydrogen-bond donors (Lipinski definition) is 1. The summed E-state index contributed by atoms with van der Waals surface area (Å²) in [6.07, 6.45) is 1.56. The van der Waals surface area contributed by atoms with Crippen LogP contribution < -0.4 is 4.74 Å². The van der Waals surface area contributed by atoms with Gasteiger partial charge in [-0.25, -0.2) is 0 Å². The third-order valence-corrected chi connectivity index (χ3v) is 4.62. The summed E-state index contributed by atoms with van der Waals surface area (Å²) in [5.74, 6) is 1.35. The number of nitrogens with zero attached hydrogens (tertiary/aromatic N) is 3. The monoisotopic (exact) mass is 349 g/mol. The van der Waals surface area contributed by atoms with E-state index in [0.29, 0.717) is 17.7 Å². The second-order valence-electron chi connectivity index (χ2n) is 5.82. The van der Waals surface area contributed by atoms with Crippen LogP contribution in [-0.4, -0.2) is 38.2 Å². The molecule has 6 nitrogen and oxygen atoms in total. The fourth-order valence-electron chi connectivity index (χ4n) is 2.18. The molecule has 2 aromatic rings. The number of aryl methyl sites for hydroxylation is 1. The minimum Gasteiger partial charge on any atom is -0.494 e. The maximum absolute atomic E-state index is 10.6. The normalized spacial score (nSPS) is 11.0. The van der Waals surface area contributed by atoms with Crippen molar-refractivity contribution < 1.29 is 14.6 Å². The number of thioether (sulfide) groups is 1. The largest absolute Gasteiger partial charge is 0.494 e. The second-order valence-corrected chi connectivity index (χ2v) is 6.76. The van der Waals surface area contributed by atoms with E-state index < -0.39 is 5.97 Å². The Morgan fingerprint density at radius 2 is 2.00 bits per heavy atom. The predicted octanol–water partition coefficient (Wildman–Crippen LogP) is 3.13. The van der Waals surface area contributed by atoms with Gasteiger partial charge in [0, 0.05) is 13.5 Å². The van der Waals surface area contributed by atoms with Crippen molar-refractivity contribution in [3.63, 3.8) is 0 Å². The molecule has 0 spiro atoms. The molecule has 0 unspecified atom stereocenters. The molecule has 0 bridgehead atoms. The lowest BCUT2D eigenvalue weighted by molar-refractivity contribution is -0.133. The van der Waals surface area contributed by atoms with E-state index >= 15 is 0 Å². The summed E-state index contributed by atoms with van der Waals surface area (Å²) >= 11 is 1.17. The summed E-state index contributed by atoms with van der Waals surface area (Å²) in [5, 5.41) is 17.5. The van der Waals surface area contributed by atoms with Crippen LogP contribution in [-0.2, 0) is 18.3 Å². The molecule has 0 saturated heterocycles. The van der Waals surface area contributed by atoms with Crippen LogP contribution in [0.2, 0.25) is 0 Å². The first-order valence-electron chi connectivity index (χ1n) is 7.93. The number of aliphatic carboxylic acids is 1. The number of aromatic nitrogens is 3. The molecule has 24 heavy (non-hydrogen) atoms. The molecular weight excluding hydrogens is 326 g/mol. The Morgan fingerprint density at radius 1 is 1.29 bits per heavy atom. The van der Waals surface area contributed by atoms with Gasteiger partial charge in [0.15, 0.2) is 5.16 Å². The standard InChI is InChI=1S/C17H23N3O3S/c1-12(2)13-6-8-14(9-7-13)23-10-4-5-15-18-19-17(20(15)3)24-11-16(21)22/h6-9,12H,4-5,10-11H2,1-3H3,(H,21,22). The molecule has 130 valence electrons. The molecular formula is C17H23N3O3S. The topological polar surface area (TPSA) is 77.2 Å². The number of carboxylic acid groups (broad SMARTS) is 1. The van der Waals surface area contributed by atoms with Crippen molar-refractivity contribution in [2.24, 2.45) is 7.05 Å². The second kappa shape index (κ2) is 8.73. The van der Waals surface area contributed by atoms with Gasteiger partial charge in [0.05, 0.1) is 12.4 Å². The van der Waals surface area contributed by atoms with Crippen LogP contribution in [0.5, 0.6) is 5.75 Å². The molecule has 1 N–H and O–H groups in total. The third-order valence-electron chi connectivity index (χ3n) is 3.61. The lowest BCUT2D eigenvalue weighted by atomic mass is 10.0. The van der Waals surface area contributed by atoms with E-state index in [1.165, 1.54) is 17.3 Å². The molecule has 1 aromatic heterocycles. The Labute approximate surface area is 146 Å². The van der Waals surface area contributed by atoms with Gasteiger partial charge in [-0.2, -0.15) is 0 Å². The fraction of sp³-hybridized carbons (Fsp3) is 0.471. The zero-order chi connectivity index (χ0) is 17.5. The Hall–Kier alpha value is -2.02. The molecule has 7 heteroatoms.